The molecule has 0 radical (unpaired) electrons. The molecule has 35 heavy (non-hydrogen) atoms. The van der Waals surface area contributed by atoms with Gasteiger partial charge in [-0.1, -0.05) is 0 Å². The fraction of sp³-hybridized carbons (Fsp3) is 0.545. The average molecular weight is 514 g/mol. The third-order valence-corrected chi connectivity index (χ3v) is 7.51. The second kappa shape index (κ2) is 9.21. The predicted octanol–water partition coefficient (Wildman–Crippen LogP) is 0.182. The second-order valence-electron chi connectivity index (χ2n) is 9.49. The van der Waals surface area contributed by atoms with Gasteiger partial charge in [0, 0.05) is 55.5 Å². The summed E-state index contributed by atoms with van der Waals surface area (Å²) in [7, 11) is -2.34. The molecule has 2 aliphatic rings. The Hall–Kier alpha value is -2.45. The van der Waals surface area contributed by atoms with Gasteiger partial charge in [-0.25, -0.2) is 22.0 Å². The van der Waals surface area contributed by atoms with Gasteiger partial charge in [0.15, 0.2) is 5.60 Å². The number of benzene rings is 1. The summed E-state index contributed by atoms with van der Waals surface area (Å²) >= 11 is 0. The lowest BCUT2D eigenvalue weighted by molar-refractivity contribution is -0.160. The number of nitrogens with zero attached hydrogens (tertiary/aromatic N) is 3. The van der Waals surface area contributed by atoms with E-state index in [4.69, 9.17) is 5.73 Å². The second-order valence-corrected chi connectivity index (χ2v) is 11.3. The summed E-state index contributed by atoms with van der Waals surface area (Å²) in [5.74, 6) is -2.39. The van der Waals surface area contributed by atoms with Crippen LogP contribution in [0, 0.1) is 11.6 Å². The fourth-order valence-corrected chi connectivity index (χ4v) is 5.35. The molecule has 4 N–H and O–H groups in total. The molecule has 2 aromatic rings. The lowest BCUT2D eigenvalue weighted by Crippen LogP contribution is -2.54. The molecule has 1 unspecified atom stereocenters. The predicted molar refractivity (Wildman–Crippen MR) is 122 cm³/mol. The van der Waals surface area contributed by atoms with E-state index in [1.807, 2.05) is 0 Å². The highest BCUT2D eigenvalue weighted by atomic mass is 32.2. The van der Waals surface area contributed by atoms with E-state index in [2.05, 4.69) is 20.1 Å². The van der Waals surface area contributed by atoms with Crippen molar-refractivity contribution in [1.82, 2.24) is 19.4 Å². The molecular weight excluding hydrogens is 484 g/mol. The number of hydrogen-bond acceptors (Lipinski definition) is 9. The molecule has 0 spiro atoms. The molecule has 192 valence electrons. The van der Waals surface area contributed by atoms with Crippen molar-refractivity contribution in [3.05, 3.63) is 52.3 Å². The number of esters is 1. The molecule has 1 aromatic carbocycles. The van der Waals surface area contributed by atoms with Crippen LogP contribution in [0.15, 0.2) is 18.3 Å². The maximum absolute atomic E-state index is 15.0. The topological polar surface area (TPSA) is 140 Å². The van der Waals surface area contributed by atoms with Gasteiger partial charge in [0.05, 0.1) is 25.1 Å². The van der Waals surface area contributed by atoms with Crippen LogP contribution in [0.1, 0.15) is 41.8 Å². The highest BCUT2D eigenvalue weighted by molar-refractivity contribution is 7.89. The van der Waals surface area contributed by atoms with Crippen LogP contribution in [0.2, 0.25) is 0 Å². The molecule has 1 saturated heterocycles. The largest absolute Gasteiger partial charge is 0.467 e. The minimum absolute atomic E-state index is 0.00414. The molecule has 13 heteroatoms. The minimum atomic E-state index is -3.44. The quantitative estimate of drug-likeness (QED) is 0.462. The third-order valence-electron chi connectivity index (χ3n) is 6.65. The summed E-state index contributed by atoms with van der Waals surface area (Å²) in [4.78, 5) is 13.8. The Kier molecular flexibility index (Phi) is 6.74. The van der Waals surface area contributed by atoms with Gasteiger partial charge in [0.2, 0.25) is 0 Å². The van der Waals surface area contributed by atoms with Crippen LogP contribution in [-0.2, 0) is 39.1 Å². The zero-order valence-corrected chi connectivity index (χ0v) is 20.5. The number of hydrogen-bond donors (Lipinski definition) is 3. The van der Waals surface area contributed by atoms with Crippen LogP contribution in [-0.4, -0.2) is 71.2 Å². The van der Waals surface area contributed by atoms with E-state index >= 15 is 0 Å². The molecule has 0 aliphatic carbocycles. The summed E-state index contributed by atoms with van der Waals surface area (Å²) in [6.45, 7) is 2.63. The summed E-state index contributed by atoms with van der Waals surface area (Å²) in [6, 6.07) is 0.882. The number of rotatable bonds is 6. The first-order valence-corrected chi connectivity index (χ1v) is 12.9. The van der Waals surface area contributed by atoms with Gasteiger partial charge in [0.1, 0.15) is 11.6 Å². The van der Waals surface area contributed by atoms with E-state index in [1.54, 1.807) is 0 Å². The molecule has 0 amide bonds. The highest BCUT2D eigenvalue weighted by Crippen LogP contribution is 2.32. The van der Waals surface area contributed by atoms with Gasteiger partial charge in [-0.15, -0.1) is 0 Å². The van der Waals surface area contributed by atoms with Crippen LogP contribution < -0.4 is 11.1 Å². The van der Waals surface area contributed by atoms with E-state index in [-0.39, 0.29) is 17.2 Å². The number of aliphatic hydroxyl groups is 1. The Morgan fingerprint density at radius 3 is 2.66 bits per heavy atom. The number of carbonyl (C=O) groups is 1. The van der Waals surface area contributed by atoms with Crippen LogP contribution in [0.5, 0.6) is 0 Å². The molecule has 4 atom stereocenters. The molecule has 0 saturated carbocycles. The van der Waals surface area contributed by atoms with Crippen molar-refractivity contribution < 1.29 is 31.8 Å². The van der Waals surface area contributed by atoms with Crippen molar-refractivity contribution in [1.29, 1.82) is 0 Å². The minimum Gasteiger partial charge on any atom is -0.467 e. The number of halogens is 2. The van der Waals surface area contributed by atoms with Crippen molar-refractivity contribution in [3.63, 3.8) is 0 Å². The first kappa shape index (κ1) is 25.6. The molecule has 2 aliphatic heterocycles. The van der Waals surface area contributed by atoms with Crippen molar-refractivity contribution in [2.45, 2.75) is 56.6 Å². The summed E-state index contributed by atoms with van der Waals surface area (Å²) in [5.41, 5.74) is 5.82. The van der Waals surface area contributed by atoms with Crippen molar-refractivity contribution in [2.24, 2.45) is 5.73 Å². The Balaban J connectivity index is 1.43. The molecule has 10 nitrogen and oxygen atoms in total. The van der Waals surface area contributed by atoms with E-state index in [1.165, 1.54) is 13.1 Å². The van der Waals surface area contributed by atoms with Gasteiger partial charge in [-0.3, -0.25) is 4.90 Å². The van der Waals surface area contributed by atoms with E-state index in [0.717, 1.165) is 35.1 Å². The monoisotopic (exact) mass is 513 g/mol. The highest BCUT2D eigenvalue weighted by Gasteiger charge is 2.37. The van der Waals surface area contributed by atoms with Crippen LogP contribution >= 0.6 is 0 Å². The molecule has 1 fully saturated rings. The Labute approximate surface area is 202 Å². The molecule has 1 aromatic heterocycles. The summed E-state index contributed by atoms with van der Waals surface area (Å²) in [6.07, 6.45) is 2.67. The number of aromatic nitrogens is 2. The zero-order chi connectivity index (χ0) is 25.7. The Morgan fingerprint density at radius 2 is 2.06 bits per heavy atom. The molecule has 3 heterocycles. The maximum Gasteiger partial charge on any atom is 0.337 e. The Morgan fingerprint density at radius 1 is 1.34 bits per heavy atom. The number of nitrogens with two attached hydrogens (primary N) is 1. The first-order valence-electron chi connectivity index (χ1n) is 11.1. The van der Waals surface area contributed by atoms with Gasteiger partial charge in [0.25, 0.3) is 10.0 Å². The maximum atomic E-state index is 15.0. The van der Waals surface area contributed by atoms with Crippen LogP contribution in [0.25, 0.3) is 0 Å². The SMILES string of the molecule is COC(=O)C(C)(O)Cc1cc(F)c([C@H]2NC[C@H](N3Cc4cn(S(C)(=O)=O)nc4C3)C[C@@H]2N)cc1F. The van der Waals surface area contributed by atoms with Gasteiger partial charge < -0.3 is 20.9 Å². The Bertz CT molecular complexity index is 1230. The average Bonchev–Trinajstić information content (AvgIpc) is 3.35. The zero-order valence-electron chi connectivity index (χ0n) is 19.7. The van der Waals surface area contributed by atoms with Gasteiger partial charge >= 0.3 is 5.97 Å². The van der Waals surface area contributed by atoms with Crippen LogP contribution in [0.3, 0.4) is 0 Å². The third kappa shape index (κ3) is 5.09. The van der Waals surface area contributed by atoms with Crippen LogP contribution in [0.4, 0.5) is 8.78 Å². The van der Waals surface area contributed by atoms with Crippen molar-refractivity contribution in [3.8, 4) is 0 Å². The van der Waals surface area contributed by atoms with E-state index in [0.29, 0.717) is 31.7 Å². The fourth-order valence-electron chi connectivity index (χ4n) is 4.79. The smallest absolute Gasteiger partial charge is 0.337 e. The number of nitrogens with one attached hydrogen (secondary N) is 1. The standard InChI is InChI=1S/C22H29F2N5O5S/c1-22(31,21(30)34-2)7-12-4-17(24)15(6-16(12)23)20-18(25)5-14(8-26-20)28-9-13-10-29(35(3,32)33)27-19(13)11-28/h4,6,10,14,18,20,26,31H,5,7-9,11,25H2,1-3H3/t14-,18+,20-,22?/m1/s1. The number of methoxy groups -OCH3 is 1. The first-order chi connectivity index (χ1) is 16.3. The number of piperidine rings is 1. The molecule has 4 rings (SSSR count). The van der Waals surface area contributed by atoms with Crippen molar-refractivity contribution in [2.75, 3.05) is 19.9 Å². The lowest BCUT2D eigenvalue weighted by Gasteiger charge is -2.39. The van der Waals surface area contributed by atoms with Gasteiger partial charge in [-0.2, -0.15) is 9.19 Å². The summed E-state index contributed by atoms with van der Waals surface area (Å²) < 4.78 is 58.7. The normalized spacial score (nSPS) is 24.7. The van der Waals surface area contributed by atoms with Gasteiger partial charge in [-0.05, 0) is 31.0 Å². The number of carbonyl (C=O) groups excluding carboxylic acids is 1. The lowest BCUT2D eigenvalue weighted by atomic mass is 9.88. The van der Waals surface area contributed by atoms with E-state index < -0.39 is 51.7 Å². The summed E-state index contributed by atoms with van der Waals surface area (Å²) in [5, 5.41) is 17.6. The number of fused-ring (bicyclic) bond motifs is 1. The molecule has 0 bridgehead atoms. The molecular formula is C22H29F2N5O5S. The number of ether oxygens (including phenoxy) is 1. The van der Waals surface area contributed by atoms with Crippen molar-refractivity contribution >= 4 is 16.0 Å². The van der Waals surface area contributed by atoms with E-state index in [9.17, 15) is 27.1 Å².